The molecule has 0 atom stereocenters. The molecule has 1 N–H and O–H groups in total. The van der Waals surface area contributed by atoms with Gasteiger partial charge in [-0.25, -0.2) is 4.98 Å². The molecular weight excluding hydrogens is 540 g/mol. The first kappa shape index (κ1) is 27.5. The molecule has 222 valence electrons. The molecule has 1 saturated carbocycles. The maximum absolute atomic E-state index is 13.5. The highest BCUT2D eigenvalue weighted by atomic mass is 16.5. The molecule has 1 aromatic carbocycles. The van der Waals surface area contributed by atoms with Crippen LogP contribution >= 0.6 is 0 Å². The zero-order valence-electron chi connectivity index (χ0n) is 24.9. The number of benzene rings is 1. The number of aryl methyl sites for hydroxylation is 1. The number of ether oxygens (including phenoxy) is 1. The van der Waals surface area contributed by atoms with E-state index in [9.17, 15) is 4.79 Å². The van der Waals surface area contributed by atoms with E-state index in [-0.39, 0.29) is 5.91 Å². The van der Waals surface area contributed by atoms with Crippen molar-refractivity contribution in [1.29, 1.82) is 0 Å². The van der Waals surface area contributed by atoms with Crippen LogP contribution in [0.2, 0.25) is 0 Å². The Balaban J connectivity index is 1.03. The van der Waals surface area contributed by atoms with Crippen LogP contribution in [0.4, 0.5) is 5.69 Å². The number of imidazole rings is 1. The van der Waals surface area contributed by atoms with Gasteiger partial charge >= 0.3 is 0 Å². The monoisotopic (exact) mass is 578 g/mol. The summed E-state index contributed by atoms with van der Waals surface area (Å²) in [7, 11) is 0. The largest absolute Gasteiger partial charge is 0.492 e. The maximum atomic E-state index is 13.5. The van der Waals surface area contributed by atoms with Gasteiger partial charge in [-0.3, -0.25) is 23.8 Å². The molecule has 2 fully saturated rings. The van der Waals surface area contributed by atoms with E-state index in [2.05, 4.69) is 45.2 Å². The predicted octanol–water partition coefficient (Wildman–Crippen LogP) is 4.58. The highest BCUT2D eigenvalue weighted by Gasteiger charge is 2.25. The van der Waals surface area contributed by atoms with Crippen molar-refractivity contribution in [3.63, 3.8) is 0 Å². The number of rotatable bonds is 10. The first-order chi connectivity index (χ1) is 21.1. The Hall–Kier alpha value is -4.28. The summed E-state index contributed by atoms with van der Waals surface area (Å²) in [6.45, 7) is 11.8. The van der Waals surface area contributed by atoms with E-state index in [4.69, 9.17) is 14.8 Å². The van der Waals surface area contributed by atoms with Gasteiger partial charge in [-0.1, -0.05) is 19.1 Å². The van der Waals surface area contributed by atoms with Crippen LogP contribution < -0.4 is 10.1 Å². The topological polar surface area (TPSA) is 92.8 Å². The van der Waals surface area contributed by atoms with Crippen molar-refractivity contribution in [2.24, 2.45) is 0 Å². The SMILES string of the molecule is CCN1CCN(CCOc2ccn3c(C(=O)Nc4cccc5c4c(C)nn5Cc4cccc(C5CC5)n4)cnc3c2)CC1. The maximum Gasteiger partial charge on any atom is 0.274 e. The third-order valence-corrected chi connectivity index (χ3v) is 8.64. The first-order valence-electron chi connectivity index (χ1n) is 15.3. The summed E-state index contributed by atoms with van der Waals surface area (Å²) in [6.07, 6.45) is 5.90. The summed E-state index contributed by atoms with van der Waals surface area (Å²) in [5.74, 6) is 1.13. The van der Waals surface area contributed by atoms with Crippen molar-refractivity contribution in [1.82, 2.24) is 33.9 Å². The van der Waals surface area contributed by atoms with E-state index in [1.807, 2.05) is 48.1 Å². The minimum atomic E-state index is -0.231. The number of carbonyl (C=O) groups is 1. The van der Waals surface area contributed by atoms with Crippen molar-refractivity contribution in [2.75, 3.05) is 51.2 Å². The molecule has 0 unspecified atom stereocenters. The molecule has 1 saturated heterocycles. The lowest BCUT2D eigenvalue weighted by Crippen LogP contribution is -2.47. The molecule has 1 aliphatic carbocycles. The minimum Gasteiger partial charge on any atom is -0.492 e. The van der Waals surface area contributed by atoms with Gasteiger partial charge in [-0.2, -0.15) is 5.10 Å². The van der Waals surface area contributed by atoms with E-state index in [0.29, 0.717) is 30.4 Å². The molecule has 2 aliphatic rings. The Morgan fingerprint density at radius 1 is 1.05 bits per heavy atom. The van der Waals surface area contributed by atoms with Crippen LogP contribution in [-0.2, 0) is 6.54 Å². The lowest BCUT2D eigenvalue weighted by molar-refractivity contribution is 0.102. The average Bonchev–Trinajstić information content (AvgIpc) is 3.72. The van der Waals surface area contributed by atoms with Crippen molar-refractivity contribution in [2.45, 2.75) is 39.2 Å². The molecule has 0 spiro atoms. The van der Waals surface area contributed by atoms with Crippen molar-refractivity contribution in [3.8, 4) is 5.75 Å². The van der Waals surface area contributed by atoms with Crippen molar-refractivity contribution in [3.05, 3.63) is 83.7 Å². The Morgan fingerprint density at radius 3 is 2.67 bits per heavy atom. The highest BCUT2D eigenvalue weighted by molar-refractivity contribution is 6.08. The standard InChI is InChI=1S/C33H38N8O2/c1-3-38-14-16-39(17-15-38)18-19-43-26-12-13-40-30(21-34-31(40)20-26)33(42)36-28-8-5-9-29-32(28)23(2)37-41(29)22-25-6-4-7-27(35-25)24-10-11-24/h4-9,12-13,20-21,24H,3,10-11,14-19,22H2,1-2H3,(H,36,42). The number of nitrogens with one attached hydrogen (secondary N) is 1. The van der Waals surface area contributed by atoms with Crippen molar-refractivity contribution >= 4 is 28.1 Å². The lowest BCUT2D eigenvalue weighted by atomic mass is 10.1. The van der Waals surface area contributed by atoms with Gasteiger partial charge < -0.3 is 15.0 Å². The third kappa shape index (κ3) is 5.85. The van der Waals surface area contributed by atoms with Gasteiger partial charge in [0, 0.05) is 62.0 Å². The lowest BCUT2D eigenvalue weighted by Gasteiger charge is -2.33. The fraction of sp³-hybridized carbons (Fsp3) is 0.394. The molecule has 1 aliphatic heterocycles. The van der Waals surface area contributed by atoms with E-state index in [1.165, 1.54) is 18.5 Å². The molecule has 5 heterocycles. The minimum absolute atomic E-state index is 0.231. The number of fused-ring (bicyclic) bond motifs is 2. The quantitative estimate of drug-likeness (QED) is 0.259. The van der Waals surface area contributed by atoms with Crippen LogP contribution in [0.25, 0.3) is 16.6 Å². The number of amides is 1. The smallest absolute Gasteiger partial charge is 0.274 e. The van der Waals surface area contributed by atoms with Crippen LogP contribution in [0.1, 0.15) is 53.3 Å². The second kappa shape index (κ2) is 11.8. The van der Waals surface area contributed by atoms with Crippen LogP contribution in [0.3, 0.4) is 0 Å². The molecule has 5 aromatic rings. The Labute approximate surface area is 251 Å². The molecule has 0 bridgehead atoms. The van der Waals surface area contributed by atoms with Gasteiger partial charge in [0.05, 0.1) is 35.3 Å². The number of pyridine rings is 2. The number of nitrogens with zero attached hydrogens (tertiary/aromatic N) is 7. The molecular formula is C33H38N8O2. The zero-order valence-corrected chi connectivity index (χ0v) is 24.9. The summed E-state index contributed by atoms with van der Waals surface area (Å²) in [5.41, 5.74) is 5.83. The average molecular weight is 579 g/mol. The molecule has 1 amide bonds. The van der Waals surface area contributed by atoms with Crippen LogP contribution in [-0.4, -0.2) is 85.7 Å². The summed E-state index contributed by atoms with van der Waals surface area (Å²) in [5, 5.41) is 8.85. The van der Waals surface area contributed by atoms with Crippen LogP contribution in [0, 0.1) is 6.92 Å². The van der Waals surface area contributed by atoms with Crippen LogP contribution in [0.5, 0.6) is 5.75 Å². The van der Waals surface area contributed by atoms with Crippen molar-refractivity contribution < 1.29 is 9.53 Å². The van der Waals surface area contributed by atoms with Gasteiger partial charge in [0.2, 0.25) is 0 Å². The third-order valence-electron chi connectivity index (χ3n) is 8.64. The summed E-state index contributed by atoms with van der Waals surface area (Å²) in [4.78, 5) is 27.8. The molecule has 4 aromatic heterocycles. The normalized spacial score (nSPS) is 16.2. The van der Waals surface area contributed by atoms with Gasteiger partial charge in [-0.05, 0) is 56.6 Å². The van der Waals surface area contributed by atoms with E-state index in [0.717, 1.165) is 73.0 Å². The number of carbonyl (C=O) groups excluding carboxylic acids is 1. The summed E-state index contributed by atoms with van der Waals surface area (Å²) in [6, 6.07) is 15.9. The second-order valence-corrected chi connectivity index (χ2v) is 11.6. The molecule has 10 nitrogen and oxygen atoms in total. The fourth-order valence-corrected chi connectivity index (χ4v) is 6.02. The van der Waals surface area contributed by atoms with Gasteiger partial charge in [0.15, 0.2) is 0 Å². The number of anilines is 1. The molecule has 10 heteroatoms. The van der Waals surface area contributed by atoms with Gasteiger partial charge in [0.1, 0.15) is 23.7 Å². The van der Waals surface area contributed by atoms with Crippen LogP contribution in [0.15, 0.2) is 60.9 Å². The summed E-state index contributed by atoms with van der Waals surface area (Å²) >= 11 is 0. The molecule has 0 radical (unpaired) electrons. The number of likely N-dealkylation sites (N-methyl/N-ethyl adjacent to an activating group) is 1. The Kier molecular flexibility index (Phi) is 7.54. The van der Waals surface area contributed by atoms with Gasteiger partial charge in [-0.15, -0.1) is 0 Å². The number of aromatic nitrogens is 5. The number of hydrogen-bond donors (Lipinski definition) is 1. The zero-order chi connectivity index (χ0) is 29.3. The molecule has 7 rings (SSSR count). The predicted molar refractivity (Wildman–Crippen MR) is 167 cm³/mol. The van der Waals surface area contributed by atoms with Gasteiger partial charge in [0.25, 0.3) is 5.91 Å². The Morgan fingerprint density at radius 2 is 1.86 bits per heavy atom. The van der Waals surface area contributed by atoms with E-state index >= 15 is 0 Å². The highest BCUT2D eigenvalue weighted by Crippen LogP contribution is 2.39. The number of piperazine rings is 1. The fourth-order valence-electron chi connectivity index (χ4n) is 6.02. The second-order valence-electron chi connectivity index (χ2n) is 11.6. The Bertz CT molecular complexity index is 1760. The molecule has 43 heavy (non-hydrogen) atoms. The number of hydrogen-bond acceptors (Lipinski definition) is 7. The first-order valence-corrected chi connectivity index (χ1v) is 15.3. The van der Waals surface area contributed by atoms with E-state index in [1.54, 1.807) is 10.6 Å². The van der Waals surface area contributed by atoms with E-state index < -0.39 is 0 Å². The summed E-state index contributed by atoms with van der Waals surface area (Å²) < 4.78 is 9.81.